The number of rotatable bonds is 10. The third kappa shape index (κ3) is 6.86. The summed E-state index contributed by atoms with van der Waals surface area (Å²) in [5, 5.41) is 30.0. The largest absolute Gasteiger partial charge is 0.508 e. The van der Waals surface area contributed by atoms with Crippen LogP contribution in [0.5, 0.6) is 17.2 Å². The van der Waals surface area contributed by atoms with E-state index in [-0.39, 0.29) is 22.8 Å². The molecule has 0 aliphatic heterocycles. The molecule has 0 radical (unpaired) electrons. The molecule has 0 saturated heterocycles. The van der Waals surface area contributed by atoms with Crippen molar-refractivity contribution in [1.82, 2.24) is 0 Å². The highest BCUT2D eigenvalue weighted by Gasteiger charge is 2.16. The van der Waals surface area contributed by atoms with Gasteiger partial charge in [0, 0.05) is 5.56 Å². The Bertz CT molecular complexity index is 984. The molecule has 164 valence electrons. The van der Waals surface area contributed by atoms with Crippen LogP contribution in [0.2, 0.25) is 0 Å². The van der Waals surface area contributed by atoms with Crippen LogP contribution in [0.15, 0.2) is 66.3 Å². The van der Waals surface area contributed by atoms with Gasteiger partial charge >= 0.3 is 0 Å². The van der Waals surface area contributed by atoms with Crippen molar-refractivity contribution in [2.45, 2.75) is 39.2 Å². The first-order valence-electron chi connectivity index (χ1n) is 10.1. The summed E-state index contributed by atoms with van der Waals surface area (Å²) in [6.45, 7) is 7.52. The van der Waals surface area contributed by atoms with E-state index in [1.807, 2.05) is 13.0 Å². The second kappa shape index (κ2) is 11.2. The van der Waals surface area contributed by atoms with E-state index in [2.05, 4.69) is 6.58 Å². The van der Waals surface area contributed by atoms with Gasteiger partial charge < -0.3 is 20.1 Å². The van der Waals surface area contributed by atoms with E-state index in [1.54, 1.807) is 37.3 Å². The fourth-order valence-electron chi connectivity index (χ4n) is 3.04. The van der Waals surface area contributed by atoms with Gasteiger partial charge in [0.2, 0.25) is 0 Å². The molecule has 0 saturated carbocycles. The normalized spacial score (nSPS) is 12.7. The zero-order valence-corrected chi connectivity index (χ0v) is 18.3. The molecule has 0 aromatic heterocycles. The number of methoxy groups -OCH3 is 1. The number of carbonyl (C=O) groups excluding carboxylic acids is 1. The van der Waals surface area contributed by atoms with Gasteiger partial charge in [0.25, 0.3) is 0 Å². The lowest BCUT2D eigenvalue weighted by Gasteiger charge is -2.13. The maximum absolute atomic E-state index is 12.6. The van der Waals surface area contributed by atoms with E-state index in [0.717, 1.165) is 16.7 Å². The van der Waals surface area contributed by atoms with Gasteiger partial charge in [0.05, 0.1) is 18.8 Å². The number of ether oxygens (including phenoxy) is 1. The fourth-order valence-corrected chi connectivity index (χ4v) is 3.04. The zero-order valence-electron chi connectivity index (χ0n) is 18.3. The van der Waals surface area contributed by atoms with Gasteiger partial charge in [-0.05, 0) is 69.0 Å². The number of phenolic OH excluding ortho intramolecular Hbond substituents is 2. The number of hydrogen-bond acceptors (Lipinski definition) is 5. The van der Waals surface area contributed by atoms with Gasteiger partial charge in [-0.3, -0.25) is 4.79 Å². The standard InChI is InChI=1S/C26H30O5/c1-17(2)23(28)14-6-18(3)5-12-22-25(31-4)16-13-21(26(22)30)24(29)15-9-19-7-10-20(27)11-8-19/h5,7-11,13,15-16,23,27-28,30H,1,6,12,14H2,2-4H3/b15-9+,18-5-/t23-/m1/s1. The van der Waals surface area contributed by atoms with Crippen molar-refractivity contribution < 1.29 is 24.9 Å². The predicted octanol–water partition coefficient (Wildman–Crippen LogP) is 5.21. The van der Waals surface area contributed by atoms with Crippen LogP contribution in [-0.4, -0.2) is 34.3 Å². The van der Waals surface area contributed by atoms with Crippen LogP contribution in [0, 0.1) is 0 Å². The summed E-state index contributed by atoms with van der Waals surface area (Å²) in [6, 6.07) is 9.67. The van der Waals surface area contributed by atoms with E-state index in [9.17, 15) is 20.1 Å². The Kier molecular flexibility index (Phi) is 8.64. The Morgan fingerprint density at radius 3 is 2.42 bits per heavy atom. The molecule has 0 bridgehead atoms. The molecule has 0 spiro atoms. The fraction of sp³-hybridized carbons (Fsp3) is 0.269. The third-order valence-electron chi connectivity index (χ3n) is 5.08. The van der Waals surface area contributed by atoms with Crippen LogP contribution in [0.4, 0.5) is 0 Å². The number of aliphatic hydroxyl groups excluding tert-OH is 1. The number of benzene rings is 2. The first kappa shape index (κ1) is 24.0. The predicted molar refractivity (Wildman–Crippen MR) is 124 cm³/mol. The molecule has 0 fully saturated rings. The lowest BCUT2D eigenvalue weighted by molar-refractivity contribution is 0.104. The quantitative estimate of drug-likeness (QED) is 0.278. The van der Waals surface area contributed by atoms with E-state index < -0.39 is 6.10 Å². The molecule has 2 aromatic rings. The summed E-state index contributed by atoms with van der Waals surface area (Å²) in [5.41, 5.74) is 3.28. The molecule has 0 aliphatic carbocycles. The van der Waals surface area contributed by atoms with Gasteiger partial charge in [-0.25, -0.2) is 0 Å². The minimum Gasteiger partial charge on any atom is -0.508 e. The lowest BCUT2D eigenvalue weighted by atomic mass is 9.98. The molecular weight excluding hydrogens is 392 g/mol. The SMILES string of the molecule is C=C(C)[C@H](O)CC/C(C)=C\Cc1c(OC)ccc(C(=O)/C=C/c2ccc(O)cc2)c1O. The van der Waals surface area contributed by atoms with Crippen molar-refractivity contribution in [3.05, 3.63) is 83.0 Å². The Balaban J connectivity index is 2.19. The highest BCUT2D eigenvalue weighted by Crippen LogP contribution is 2.33. The summed E-state index contributed by atoms with van der Waals surface area (Å²) in [5.74, 6) is 0.214. The number of carbonyl (C=O) groups is 1. The number of hydrogen-bond donors (Lipinski definition) is 3. The Morgan fingerprint density at radius 2 is 1.81 bits per heavy atom. The van der Waals surface area contributed by atoms with Crippen LogP contribution in [0.1, 0.15) is 48.2 Å². The van der Waals surface area contributed by atoms with Gasteiger partial charge in [-0.1, -0.05) is 42.0 Å². The average molecular weight is 423 g/mol. The van der Waals surface area contributed by atoms with E-state index in [0.29, 0.717) is 30.6 Å². The van der Waals surface area contributed by atoms with Crippen molar-refractivity contribution in [3.8, 4) is 17.2 Å². The second-order valence-electron chi connectivity index (χ2n) is 7.59. The van der Waals surface area contributed by atoms with Crippen molar-refractivity contribution in [1.29, 1.82) is 0 Å². The lowest BCUT2D eigenvalue weighted by Crippen LogP contribution is -2.06. The topological polar surface area (TPSA) is 87.0 Å². The van der Waals surface area contributed by atoms with Gasteiger partial charge in [-0.15, -0.1) is 0 Å². The maximum atomic E-state index is 12.6. The highest BCUT2D eigenvalue weighted by atomic mass is 16.5. The van der Waals surface area contributed by atoms with Crippen LogP contribution < -0.4 is 4.74 Å². The minimum atomic E-state index is -0.535. The van der Waals surface area contributed by atoms with Gasteiger partial charge in [0.15, 0.2) is 5.78 Å². The minimum absolute atomic E-state index is 0.106. The first-order chi connectivity index (χ1) is 14.7. The third-order valence-corrected chi connectivity index (χ3v) is 5.08. The average Bonchev–Trinajstić information content (AvgIpc) is 2.75. The molecule has 0 amide bonds. The van der Waals surface area contributed by atoms with Crippen molar-refractivity contribution in [2.75, 3.05) is 7.11 Å². The summed E-state index contributed by atoms with van der Waals surface area (Å²) in [6.07, 6.45) is 6.12. The number of phenols is 2. The second-order valence-corrected chi connectivity index (χ2v) is 7.59. The summed E-state index contributed by atoms with van der Waals surface area (Å²) in [4.78, 5) is 12.6. The van der Waals surface area contributed by atoms with E-state index >= 15 is 0 Å². The van der Waals surface area contributed by atoms with E-state index in [1.165, 1.54) is 25.3 Å². The number of aliphatic hydroxyl groups is 1. The molecule has 5 heteroatoms. The van der Waals surface area contributed by atoms with Crippen molar-refractivity contribution in [2.24, 2.45) is 0 Å². The van der Waals surface area contributed by atoms with Crippen LogP contribution in [0.3, 0.4) is 0 Å². The molecule has 0 heterocycles. The molecule has 31 heavy (non-hydrogen) atoms. The summed E-state index contributed by atoms with van der Waals surface area (Å²) < 4.78 is 5.37. The van der Waals surface area contributed by atoms with Crippen LogP contribution >= 0.6 is 0 Å². The smallest absolute Gasteiger partial charge is 0.189 e. The molecular formula is C26H30O5. The monoisotopic (exact) mass is 422 g/mol. The number of allylic oxidation sites excluding steroid dienone is 3. The molecule has 5 nitrogen and oxygen atoms in total. The molecule has 2 aromatic carbocycles. The maximum Gasteiger partial charge on any atom is 0.189 e. The summed E-state index contributed by atoms with van der Waals surface area (Å²) in [7, 11) is 1.52. The first-order valence-corrected chi connectivity index (χ1v) is 10.1. The Hall–Kier alpha value is -3.31. The number of aromatic hydroxyl groups is 2. The Labute approximate surface area is 183 Å². The molecule has 1 atom stereocenters. The molecule has 3 N–H and O–H groups in total. The van der Waals surface area contributed by atoms with Crippen LogP contribution in [0.25, 0.3) is 6.08 Å². The van der Waals surface area contributed by atoms with Crippen molar-refractivity contribution in [3.63, 3.8) is 0 Å². The van der Waals surface area contributed by atoms with Crippen molar-refractivity contribution >= 4 is 11.9 Å². The molecule has 0 aliphatic rings. The van der Waals surface area contributed by atoms with Crippen LogP contribution in [-0.2, 0) is 6.42 Å². The molecule has 2 rings (SSSR count). The summed E-state index contributed by atoms with van der Waals surface area (Å²) >= 11 is 0. The highest BCUT2D eigenvalue weighted by molar-refractivity contribution is 6.09. The zero-order chi connectivity index (χ0) is 23.0. The van der Waals surface area contributed by atoms with Gasteiger partial charge in [0.1, 0.15) is 17.2 Å². The number of ketones is 1. The Morgan fingerprint density at radius 1 is 1.13 bits per heavy atom. The molecule has 0 unspecified atom stereocenters. The van der Waals surface area contributed by atoms with Gasteiger partial charge in [-0.2, -0.15) is 0 Å². The van der Waals surface area contributed by atoms with E-state index in [4.69, 9.17) is 4.74 Å².